The highest BCUT2D eigenvalue weighted by atomic mass is 32.2. The molecule has 0 spiro atoms. The van der Waals surface area contributed by atoms with E-state index in [1.807, 2.05) is 0 Å². The molecule has 0 unspecified atom stereocenters. The highest BCUT2D eigenvalue weighted by Crippen LogP contribution is 2.23. The lowest BCUT2D eigenvalue weighted by Gasteiger charge is -2.30. The number of amides is 1. The smallest absolute Gasteiger partial charge is 0.243 e. The van der Waals surface area contributed by atoms with Gasteiger partial charge in [0.2, 0.25) is 15.9 Å². The molecular formula is C17H27N3O3S. The molecule has 1 heterocycles. The topological polar surface area (TPSA) is 78.5 Å². The lowest BCUT2D eigenvalue weighted by molar-refractivity contribution is -0.126. The van der Waals surface area contributed by atoms with E-state index in [1.54, 1.807) is 30.3 Å². The van der Waals surface area contributed by atoms with Crippen molar-refractivity contribution in [1.29, 1.82) is 0 Å². The molecule has 1 fully saturated rings. The maximum absolute atomic E-state index is 12.6. The van der Waals surface area contributed by atoms with Gasteiger partial charge in [-0.15, -0.1) is 0 Å². The van der Waals surface area contributed by atoms with E-state index < -0.39 is 10.0 Å². The summed E-state index contributed by atoms with van der Waals surface area (Å²) in [6.45, 7) is 5.21. The monoisotopic (exact) mass is 353 g/mol. The second-order valence-corrected chi connectivity index (χ2v) is 7.97. The SMILES string of the molecule is CCCNCCNC(=O)C1CCN(S(=O)(=O)c2ccccc2)CC1. The van der Waals surface area contributed by atoms with Gasteiger partial charge in [-0.05, 0) is 37.9 Å². The lowest BCUT2D eigenvalue weighted by atomic mass is 9.97. The summed E-state index contributed by atoms with van der Waals surface area (Å²) in [6.07, 6.45) is 2.21. The fraction of sp³-hybridized carbons (Fsp3) is 0.588. The minimum absolute atomic E-state index is 0.0325. The molecule has 1 aliphatic rings. The fourth-order valence-corrected chi connectivity index (χ4v) is 4.31. The van der Waals surface area contributed by atoms with E-state index in [1.165, 1.54) is 4.31 Å². The van der Waals surface area contributed by atoms with Crippen LogP contribution < -0.4 is 10.6 Å². The summed E-state index contributed by atoms with van der Waals surface area (Å²) in [5.41, 5.74) is 0. The van der Waals surface area contributed by atoms with Crippen LogP contribution in [0.3, 0.4) is 0 Å². The third kappa shape index (κ3) is 5.03. The van der Waals surface area contributed by atoms with E-state index in [4.69, 9.17) is 0 Å². The van der Waals surface area contributed by atoms with Crippen LogP contribution in [-0.4, -0.2) is 51.4 Å². The second-order valence-electron chi connectivity index (χ2n) is 6.03. The predicted molar refractivity (Wildman–Crippen MR) is 94.1 cm³/mol. The molecule has 2 N–H and O–H groups in total. The first-order chi connectivity index (χ1) is 11.6. The van der Waals surface area contributed by atoms with Gasteiger partial charge in [0.1, 0.15) is 0 Å². The molecule has 0 radical (unpaired) electrons. The molecule has 0 bridgehead atoms. The zero-order chi connectivity index (χ0) is 17.4. The third-order valence-corrected chi connectivity index (χ3v) is 6.15. The van der Waals surface area contributed by atoms with Crippen molar-refractivity contribution in [2.75, 3.05) is 32.7 Å². The first-order valence-corrected chi connectivity index (χ1v) is 10.0. The Hall–Kier alpha value is -1.44. The Labute approximate surface area is 144 Å². The molecule has 2 rings (SSSR count). The van der Waals surface area contributed by atoms with Crippen LogP contribution in [0.1, 0.15) is 26.2 Å². The van der Waals surface area contributed by atoms with Gasteiger partial charge in [0.05, 0.1) is 4.90 Å². The van der Waals surface area contributed by atoms with Gasteiger partial charge in [-0.2, -0.15) is 4.31 Å². The van der Waals surface area contributed by atoms with Crippen LogP contribution in [0, 0.1) is 5.92 Å². The first kappa shape index (κ1) is 18.9. The maximum Gasteiger partial charge on any atom is 0.243 e. The zero-order valence-corrected chi connectivity index (χ0v) is 15.0. The maximum atomic E-state index is 12.6. The van der Waals surface area contributed by atoms with E-state index >= 15 is 0 Å². The Bertz CT molecular complexity index is 611. The van der Waals surface area contributed by atoms with Gasteiger partial charge in [-0.3, -0.25) is 4.79 Å². The van der Waals surface area contributed by atoms with Gasteiger partial charge in [-0.1, -0.05) is 25.1 Å². The molecule has 1 saturated heterocycles. The number of rotatable bonds is 8. The number of nitrogens with one attached hydrogen (secondary N) is 2. The standard InChI is InChI=1S/C17H27N3O3S/c1-2-10-18-11-12-19-17(21)15-8-13-20(14-9-15)24(22,23)16-6-4-3-5-7-16/h3-7,15,18H,2,8-14H2,1H3,(H,19,21). The molecule has 24 heavy (non-hydrogen) atoms. The molecule has 0 saturated carbocycles. The fourth-order valence-electron chi connectivity index (χ4n) is 2.82. The average Bonchev–Trinajstić information content (AvgIpc) is 2.62. The molecule has 0 aromatic heterocycles. The molecule has 0 aliphatic carbocycles. The number of sulfonamides is 1. The zero-order valence-electron chi connectivity index (χ0n) is 14.2. The number of carbonyl (C=O) groups excluding carboxylic acids is 1. The molecule has 1 aromatic carbocycles. The second kappa shape index (κ2) is 9.15. The van der Waals surface area contributed by atoms with Gasteiger partial charge in [0.15, 0.2) is 0 Å². The molecule has 0 atom stereocenters. The number of piperidine rings is 1. The van der Waals surface area contributed by atoms with Crippen molar-refractivity contribution in [3.05, 3.63) is 30.3 Å². The largest absolute Gasteiger partial charge is 0.355 e. The highest BCUT2D eigenvalue weighted by molar-refractivity contribution is 7.89. The Kier molecular flexibility index (Phi) is 7.20. The summed E-state index contributed by atoms with van der Waals surface area (Å²) >= 11 is 0. The van der Waals surface area contributed by atoms with E-state index in [-0.39, 0.29) is 11.8 Å². The van der Waals surface area contributed by atoms with Crippen LogP contribution >= 0.6 is 0 Å². The van der Waals surface area contributed by atoms with E-state index in [0.29, 0.717) is 37.4 Å². The summed E-state index contributed by atoms with van der Waals surface area (Å²) in [5, 5.41) is 6.16. The minimum Gasteiger partial charge on any atom is -0.355 e. The van der Waals surface area contributed by atoms with Gasteiger partial charge < -0.3 is 10.6 Å². The van der Waals surface area contributed by atoms with Crippen molar-refractivity contribution in [3.63, 3.8) is 0 Å². The molecule has 1 aromatic rings. The molecular weight excluding hydrogens is 326 g/mol. The Morgan fingerprint density at radius 3 is 2.42 bits per heavy atom. The Balaban J connectivity index is 1.80. The van der Waals surface area contributed by atoms with Crippen molar-refractivity contribution in [2.24, 2.45) is 5.92 Å². The molecule has 1 aliphatic heterocycles. The van der Waals surface area contributed by atoms with Crippen molar-refractivity contribution >= 4 is 15.9 Å². The molecule has 1 amide bonds. The van der Waals surface area contributed by atoms with Crippen molar-refractivity contribution in [1.82, 2.24) is 14.9 Å². The summed E-state index contributed by atoms with van der Waals surface area (Å²) in [6, 6.07) is 8.46. The van der Waals surface area contributed by atoms with Crippen molar-refractivity contribution < 1.29 is 13.2 Å². The van der Waals surface area contributed by atoms with Crippen LogP contribution in [0.25, 0.3) is 0 Å². The number of carbonyl (C=O) groups is 1. The van der Waals surface area contributed by atoms with Gasteiger partial charge in [-0.25, -0.2) is 8.42 Å². The predicted octanol–water partition coefficient (Wildman–Crippen LogP) is 1.20. The van der Waals surface area contributed by atoms with Crippen molar-refractivity contribution in [3.8, 4) is 0 Å². The number of nitrogens with zero attached hydrogens (tertiary/aromatic N) is 1. The van der Waals surface area contributed by atoms with Crippen molar-refractivity contribution in [2.45, 2.75) is 31.1 Å². The number of hydrogen-bond acceptors (Lipinski definition) is 4. The van der Waals surface area contributed by atoms with E-state index in [0.717, 1.165) is 19.5 Å². The van der Waals surface area contributed by atoms with Crippen LogP contribution in [0.5, 0.6) is 0 Å². The third-order valence-electron chi connectivity index (χ3n) is 4.23. The summed E-state index contributed by atoms with van der Waals surface area (Å²) in [4.78, 5) is 12.5. The summed E-state index contributed by atoms with van der Waals surface area (Å²) in [5.74, 6) is -0.0662. The summed E-state index contributed by atoms with van der Waals surface area (Å²) in [7, 11) is -3.45. The van der Waals surface area contributed by atoms with Crippen LogP contribution in [0.4, 0.5) is 0 Å². The van der Waals surface area contributed by atoms with Gasteiger partial charge in [0.25, 0.3) is 0 Å². The molecule has 134 valence electrons. The lowest BCUT2D eigenvalue weighted by Crippen LogP contribution is -2.44. The van der Waals surface area contributed by atoms with Crippen LogP contribution in [0.15, 0.2) is 35.2 Å². The highest BCUT2D eigenvalue weighted by Gasteiger charge is 2.31. The Morgan fingerprint density at radius 1 is 1.12 bits per heavy atom. The van der Waals surface area contributed by atoms with Crippen LogP contribution in [0.2, 0.25) is 0 Å². The molecule has 6 nitrogen and oxygen atoms in total. The van der Waals surface area contributed by atoms with Gasteiger partial charge in [0, 0.05) is 32.1 Å². The Morgan fingerprint density at radius 2 is 1.79 bits per heavy atom. The average molecular weight is 353 g/mol. The minimum atomic E-state index is -3.45. The molecule has 7 heteroatoms. The summed E-state index contributed by atoms with van der Waals surface area (Å²) < 4.78 is 26.6. The first-order valence-electron chi connectivity index (χ1n) is 8.59. The van der Waals surface area contributed by atoms with Gasteiger partial charge >= 0.3 is 0 Å². The number of benzene rings is 1. The quantitative estimate of drug-likeness (QED) is 0.689. The van der Waals surface area contributed by atoms with E-state index in [9.17, 15) is 13.2 Å². The van der Waals surface area contributed by atoms with E-state index in [2.05, 4.69) is 17.6 Å². The normalized spacial score (nSPS) is 16.9. The van der Waals surface area contributed by atoms with Crippen LogP contribution in [-0.2, 0) is 14.8 Å². The number of hydrogen-bond donors (Lipinski definition) is 2.